The second-order valence-corrected chi connectivity index (χ2v) is 3.55. The fraction of sp³-hybridized carbons (Fsp3) is 0.500. The van der Waals surface area contributed by atoms with Gasteiger partial charge in [0.15, 0.2) is 0 Å². The van der Waals surface area contributed by atoms with E-state index in [0.717, 1.165) is 0 Å². The molecule has 0 radical (unpaired) electrons. The minimum absolute atomic E-state index is 0.116. The fourth-order valence-electron chi connectivity index (χ4n) is 1.28. The SMILES string of the molecule is NNc1cccc(NCCCCC(F)(F)F)n1. The molecule has 17 heavy (non-hydrogen) atoms. The molecule has 0 aliphatic rings. The predicted molar refractivity (Wildman–Crippen MR) is 60.4 cm³/mol. The van der Waals surface area contributed by atoms with Crippen molar-refractivity contribution in [1.29, 1.82) is 0 Å². The topological polar surface area (TPSA) is 63.0 Å². The van der Waals surface area contributed by atoms with E-state index in [0.29, 0.717) is 24.6 Å². The van der Waals surface area contributed by atoms with Gasteiger partial charge in [-0.3, -0.25) is 0 Å². The van der Waals surface area contributed by atoms with Crippen LogP contribution in [0.5, 0.6) is 0 Å². The zero-order valence-corrected chi connectivity index (χ0v) is 9.22. The van der Waals surface area contributed by atoms with Crippen molar-refractivity contribution in [2.45, 2.75) is 25.4 Å². The minimum Gasteiger partial charge on any atom is -0.370 e. The van der Waals surface area contributed by atoms with Crippen molar-refractivity contribution < 1.29 is 13.2 Å². The Morgan fingerprint density at radius 3 is 2.53 bits per heavy atom. The average molecular weight is 248 g/mol. The van der Waals surface area contributed by atoms with E-state index in [1.54, 1.807) is 18.2 Å². The van der Waals surface area contributed by atoms with Crippen molar-refractivity contribution >= 4 is 11.6 Å². The molecule has 4 nitrogen and oxygen atoms in total. The Kier molecular flexibility index (Phi) is 5.02. The van der Waals surface area contributed by atoms with E-state index in [1.807, 2.05) is 0 Å². The quantitative estimate of drug-likeness (QED) is 0.411. The number of anilines is 2. The molecule has 0 aliphatic heterocycles. The Morgan fingerprint density at radius 1 is 1.18 bits per heavy atom. The first kappa shape index (κ1) is 13.6. The molecule has 0 aromatic carbocycles. The number of hydrogen-bond acceptors (Lipinski definition) is 4. The highest BCUT2D eigenvalue weighted by molar-refractivity contribution is 5.44. The lowest BCUT2D eigenvalue weighted by Gasteiger charge is -2.08. The van der Waals surface area contributed by atoms with Crippen molar-refractivity contribution in [3.05, 3.63) is 18.2 Å². The summed E-state index contributed by atoms with van der Waals surface area (Å²) in [4.78, 5) is 4.07. The molecule has 1 aromatic heterocycles. The molecule has 96 valence electrons. The summed E-state index contributed by atoms with van der Waals surface area (Å²) in [5.41, 5.74) is 2.39. The van der Waals surface area contributed by atoms with Gasteiger partial charge in [-0.05, 0) is 25.0 Å². The van der Waals surface area contributed by atoms with Gasteiger partial charge in [0.2, 0.25) is 0 Å². The molecule has 0 unspecified atom stereocenters. The van der Waals surface area contributed by atoms with Crippen LogP contribution in [0, 0.1) is 0 Å². The minimum atomic E-state index is -4.07. The lowest BCUT2D eigenvalue weighted by molar-refractivity contribution is -0.135. The number of unbranched alkanes of at least 4 members (excludes halogenated alkanes) is 1. The van der Waals surface area contributed by atoms with E-state index >= 15 is 0 Å². The molecule has 0 aliphatic carbocycles. The average Bonchev–Trinajstić information content (AvgIpc) is 2.27. The number of alkyl halides is 3. The van der Waals surface area contributed by atoms with Crippen molar-refractivity contribution in [2.75, 3.05) is 17.3 Å². The Balaban J connectivity index is 2.22. The van der Waals surface area contributed by atoms with Gasteiger partial charge in [0.25, 0.3) is 0 Å². The third-order valence-electron chi connectivity index (χ3n) is 2.09. The molecule has 0 saturated carbocycles. The number of nitrogen functional groups attached to an aromatic ring is 1. The Hall–Kier alpha value is -1.50. The number of rotatable bonds is 6. The molecular formula is C10H15F3N4. The smallest absolute Gasteiger partial charge is 0.370 e. The largest absolute Gasteiger partial charge is 0.389 e. The predicted octanol–water partition coefficient (Wildman–Crippen LogP) is 2.51. The van der Waals surface area contributed by atoms with E-state index in [9.17, 15) is 13.2 Å². The Labute approximate surface area is 97.4 Å². The van der Waals surface area contributed by atoms with Crippen molar-refractivity contribution in [1.82, 2.24) is 4.98 Å². The summed E-state index contributed by atoms with van der Waals surface area (Å²) in [5.74, 6) is 6.27. The van der Waals surface area contributed by atoms with Gasteiger partial charge in [0.05, 0.1) is 0 Å². The molecule has 1 aromatic rings. The number of pyridine rings is 1. The Morgan fingerprint density at radius 2 is 1.88 bits per heavy atom. The molecule has 7 heteroatoms. The fourth-order valence-corrected chi connectivity index (χ4v) is 1.28. The van der Waals surface area contributed by atoms with E-state index in [-0.39, 0.29) is 6.42 Å². The van der Waals surface area contributed by atoms with Gasteiger partial charge in [0, 0.05) is 13.0 Å². The van der Waals surface area contributed by atoms with Crippen LogP contribution < -0.4 is 16.6 Å². The first-order valence-electron chi connectivity index (χ1n) is 5.25. The third kappa shape index (κ3) is 5.96. The zero-order chi connectivity index (χ0) is 12.7. The summed E-state index contributed by atoms with van der Waals surface area (Å²) >= 11 is 0. The van der Waals surface area contributed by atoms with Crippen LogP contribution in [0.1, 0.15) is 19.3 Å². The molecule has 0 fully saturated rings. The maximum atomic E-state index is 11.8. The molecule has 4 N–H and O–H groups in total. The number of aromatic nitrogens is 1. The van der Waals surface area contributed by atoms with E-state index in [1.165, 1.54) is 0 Å². The van der Waals surface area contributed by atoms with Crippen LogP contribution >= 0.6 is 0 Å². The van der Waals surface area contributed by atoms with Gasteiger partial charge >= 0.3 is 6.18 Å². The number of hydrazine groups is 1. The molecule has 1 rings (SSSR count). The molecule has 0 bridgehead atoms. The maximum absolute atomic E-state index is 11.8. The van der Waals surface area contributed by atoms with Crippen molar-refractivity contribution in [3.8, 4) is 0 Å². The monoisotopic (exact) mass is 248 g/mol. The summed E-state index contributed by atoms with van der Waals surface area (Å²) in [7, 11) is 0. The van der Waals surface area contributed by atoms with Gasteiger partial charge in [-0.25, -0.2) is 10.8 Å². The summed E-state index contributed by atoms with van der Waals surface area (Å²) in [5, 5.41) is 2.93. The van der Waals surface area contributed by atoms with E-state index < -0.39 is 12.6 Å². The van der Waals surface area contributed by atoms with Gasteiger partial charge < -0.3 is 10.7 Å². The van der Waals surface area contributed by atoms with Gasteiger partial charge in [-0.2, -0.15) is 13.2 Å². The maximum Gasteiger partial charge on any atom is 0.389 e. The van der Waals surface area contributed by atoms with Crippen LogP contribution in [0.2, 0.25) is 0 Å². The van der Waals surface area contributed by atoms with Gasteiger partial charge in [-0.1, -0.05) is 6.07 Å². The van der Waals surface area contributed by atoms with E-state index in [2.05, 4.69) is 15.7 Å². The van der Waals surface area contributed by atoms with Crippen molar-refractivity contribution in [2.24, 2.45) is 5.84 Å². The standard InChI is InChI=1S/C10H15F3N4/c11-10(12,13)6-1-2-7-15-8-4-3-5-9(16-8)17-14/h3-5H,1-2,6-7,14H2,(H2,15,16,17). The van der Waals surface area contributed by atoms with Crippen LogP contribution in [0.15, 0.2) is 18.2 Å². The molecular weight excluding hydrogens is 233 g/mol. The number of nitrogens with one attached hydrogen (secondary N) is 2. The molecule has 0 atom stereocenters. The normalized spacial score (nSPS) is 11.3. The van der Waals surface area contributed by atoms with Gasteiger partial charge in [-0.15, -0.1) is 0 Å². The molecule has 1 heterocycles. The highest BCUT2D eigenvalue weighted by Gasteiger charge is 2.25. The number of nitrogens with zero attached hydrogens (tertiary/aromatic N) is 1. The van der Waals surface area contributed by atoms with E-state index in [4.69, 9.17) is 5.84 Å². The third-order valence-corrected chi connectivity index (χ3v) is 2.09. The molecule has 0 spiro atoms. The van der Waals surface area contributed by atoms with Crippen LogP contribution in [-0.2, 0) is 0 Å². The lowest BCUT2D eigenvalue weighted by atomic mass is 10.2. The van der Waals surface area contributed by atoms with Crippen LogP contribution in [-0.4, -0.2) is 17.7 Å². The summed E-state index contributed by atoms with van der Waals surface area (Å²) in [6, 6.07) is 5.17. The van der Waals surface area contributed by atoms with Crippen LogP contribution in [0.25, 0.3) is 0 Å². The molecule has 0 amide bonds. The highest BCUT2D eigenvalue weighted by Crippen LogP contribution is 2.22. The zero-order valence-electron chi connectivity index (χ0n) is 9.22. The van der Waals surface area contributed by atoms with Gasteiger partial charge in [0.1, 0.15) is 11.6 Å². The first-order chi connectivity index (χ1) is 8.01. The summed E-state index contributed by atoms with van der Waals surface area (Å²) in [6.45, 7) is 0.455. The first-order valence-corrected chi connectivity index (χ1v) is 5.25. The van der Waals surface area contributed by atoms with Crippen LogP contribution in [0.4, 0.5) is 24.8 Å². The second kappa shape index (κ2) is 6.29. The summed E-state index contributed by atoms with van der Waals surface area (Å²) in [6.07, 6.45) is -4.25. The van der Waals surface area contributed by atoms with Crippen LogP contribution in [0.3, 0.4) is 0 Å². The summed E-state index contributed by atoms with van der Waals surface area (Å²) < 4.78 is 35.5. The Bertz CT molecular complexity index is 341. The number of hydrogen-bond donors (Lipinski definition) is 3. The highest BCUT2D eigenvalue weighted by atomic mass is 19.4. The number of nitrogens with two attached hydrogens (primary N) is 1. The van der Waals surface area contributed by atoms with Crippen molar-refractivity contribution in [3.63, 3.8) is 0 Å². The second-order valence-electron chi connectivity index (χ2n) is 3.55. The lowest BCUT2D eigenvalue weighted by Crippen LogP contribution is -2.11. The number of halogens is 3. The molecule has 0 saturated heterocycles.